The number of likely N-dealkylation sites (tertiary alicyclic amines) is 1. The first-order valence-electron chi connectivity index (χ1n) is 9.01. The molecule has 7 nitrogen and oxygen atoms in total. The highest BCUT2D eigenvalue weighted by molar-refractivity contribution is 5.91. The van der Waals surface area contributed by atoms with Gasteiger partial charge in [0.2, 0.25) is 5.76 Å². The van der Waals surface area contributed by atoms with Crippen molar-refractivity contribution in [3.63, 3.8) is 0 Å². The molecule has 4 rings (SSSR count). The molecule has 1 atom stereocenters. The van der Waals surface area contributed by atoms with Gasteiger partial charge in [0.15, 0.2) is 0 Å². The summed E-state index contributed by atoms with van der Waals surface area (Å²) in [6.45, 7) is 4.29. The number of amides is 1. The Balaban J connectivity index is 1.28. The second kappa shape index (κ2) is 7.17. The van der Waals surface area contributed by atoms with Crippen molar-refractivity contribution in [2.45, 2.75) is 44.5 Å². The van der Waals surface area contributed by atoms with Crippen molar-refractivity contribution in [2.75, 3.05) is 19.7 Å². The second-order valence-electron chi connectivity index (χ2n) is 7.12. The number of aromatic nitrogens is 2. The molecule has 4 heterocycles. The third-order valence-electron chi connectivity index (χ3n) is 5.18. The number of piperidine rings is 1. The molecule has 2 saturated heterocycles. The van der Waals surface area contributed by atoms with E-state index in [2.05, 4.69) is 10.1 Å². The van der Waals surface area contributed by atoms with Crippen LogP contribution in [0.1, 0.15) is 41.1 Å². The largest absolute Gasteiger partial charge is 0.372 e. The minimum atomic E-state index is -0.173. The molecular formula is C19H23N3O4. The number of ether oxygens (including phenoxy) is 2. The zero-order valence-electron chi connectivity index (χ0n) is 14.9. The molecule has 2 aromatic heterocycles. The number of rotatable bonds is 4. The van der Waals surface area contributed by atoms with Crippen LogP contribution in [0, 0.1) is 6.92 Å². The Morgan fingerprint density at radius 1 is 1.42 bits per heavy atom. The molecule has 0 bridgehead atoms. The van der Waals surface area contributed by atoms with E-state index in [1.165, 1.54) is 0 Å². The summed E-state index contributed by atoms with van der Waals surface area (Å²) in [5, 5.41) is 3.79. The summed E-state index contributed by atoms with van der Waals surface area (Å²) in [4.78, 5) is 18.4. The molecule has 0 radical (unpaired) electrons. The van der Waals surface area contributed by atoms with E-state index in [4.69, 9.17) is 14.0 Å². The smallest absolute Gasteiger partial charge is 0.292 e. The van der Waals surface area contributed by atoms with E-state index in [0.717, 1.165) is 30.5 Å². The lowest BCUT2D eigenvalue weighted by atomic mass is 9.88. The molecule has 0 saturated carbocycles. The number of carbonyl (C=O) groups excluding carboxylic acids is 1. The SMILES string of the molecule is Cc1cc(C(=O)N2CCC3(CC2)C[C@@H](OCc2cccnc2)CO3)on1. The predicted octanol–water partition coefficient (Wildman–Crippen LogP) is 2.36. The highest BCUT2D eigenvalue weighted by Crippen LogP contribution is 2.37. The summed E-state index contributed by atoms with van der Waals surface area (Å²) >= 11 is 0. The standard InChI is InChI=1S/C19H23N3O4/c1-14-9-17(26-21-14)18(23)22-7-4-19(5-8-22)10-16(13-25-19)24-12-15-3-2-6-20-11-15/h2-3,6,9,11,16H,4-5,7-8,10,12-13H2,1H3/t16-/m1/s1. The van der Waals surface area contributed by atoms with Crippen LogP contribution < -0.4 is 0 Å². The first kappa shape index (κ1) is 17.2. The van der Waals surface area contributed by atoms with Crippen molar-refractivity contribution >= 4 is 5.91 Å². The van der Waals surface area contributed by atoms with Gasteiger partial charge in [-0.3, -0.25) is 9.78 Å². The van der Waals surface area contributed by atoms with Gasteiger partial charge in [-0.25, -0.2) is 0 Å². The van der Waals surface area contributed by atoms with E-state index in [9.17, 15) is 4.79 Å². The van der Waals surface area contributed by atoms with Gasteiger partial charge in [0.05, 0.1) is 30.6 Å². The van der Waals surface area contributed by atoms with Crippen LogP contribution in [-0.4, -0.2) is 52.3 Å². The van der Waals surface area contributed by atoms with E-state index in [1.807, 2.05) is 30.2 Å². The molecule has 0 N–H and O–H groups in total. The molecule has 2 aromatic rings. The number of nitrogens with zero attached hydrogens (tertiary/aromatic N) is 3. The molecule has 7 heteroatoms. The summed E-state index contributed by atoms with van der Waals surface area (Å²) in [7, 11) is 0. The van der Waals surface area contributed by atoms with E-state index in [1.54, 1.807) is 12.3 Å². The molecule has 138 valence electrons. The quantitative estimate of drug-likeness (QED) is 0.836. The van der Waals surface area contributed by atoms with E-state index < -0.39 is 0 Å². The summed E-state index contributed by atoms with van der Waals surface area (Å²) in [6.07, 6.45) is 6.18. The average Bonchev–Trinajstić information content (AvgIpc) is 3.28. The predicted molar refractivity (Wildman–Crippen MR) is 92.5 cm³/mol. The Kier molecular flexibility index (Phi) is 4.74. The first-order chi connectivity index (χ1) is 12.6. The maximum atomic E-state index is 12.5. The van der Waals surface area contributed by atoms with Gasteiger partial charge < -0.3 is 18.9 Å². The van der Waals surface area contributed by atoms with E-state index >= 15 is 0 Å². The number of carbonyl (C=O) groups is 1. The van der Waals surface area contributed by atoms with Crippen molar-refractivity contribution in [1.29, 1.82) is 0 Å². The number of aryl methyl sites for hydroxylation is 1. The summed E-state index contributed by atoms with van der Waals surface area (Å²) in [5.74, 6) is 0.214. The molecule has 0 unspecified atom stereocenters. The number of pyridine rings is 1. The Morgan fingerprint density at radius 2 is 2.27 bits per heavy atom. The van der Waals surface area contributed by atoms with Crippen LogP contribution in [0.5, 0.6) is 0 Å². The highest BCUT2D eigenvalue weighted by Gasteiger charge is 2.44. The molecule has 2 fully saturated rings. The van der Waals surface area contributed by atoms with Crippen LogP contribution in [0.4, 0.5) is 0 Å². The number of hydrogen-bond acceptors (Lipinski definition) is 6. The summed E-state index contributed by atoms with van der Waals surface area (Å²) in [5.41, 5.74) is 1.61. The van der Waals surface area contributed by atoms with E-state index in [0.29, 0.717) is 32.1 Å². The zero-order valence-corrected chi connectivity index (χ0v) is 14.9. The molecule has 26 heavy (non-hydrogen) atoms. The zero-order chi connectivity index (χ0) is 18.0. The lowest BCUT2D eigenvalue weighted by Gasteiger charge is -2.38. The van der Waals surface area contributed by atoms with Crippen LogP contribution in [0.2, 0.25) is 0 Å². The van der Waals surface area contributed by atoms with Crippen molar-refractivity contribution in [3.8, 4) is 0 Å². The fourth-order valence-corrected chi connectivity index (χ4v) is 3.69. The Hall–Kier alpha value is -2.25. The molecule has 0 aliphatic carbocycles. The van der Waals surface area contributed by atoms with Gasteiger partial charge in [-0.05, 0) is 31.4 Å². The number of hydrogen-bond donors (Lipinski definition) is 0. The van der Waals surface area contributed by atoms with Gasteiger partial charge in [0.25, 0.3) is 5.91 Å². The van der Waals surface area contributed by atoms with Crippen molar-refractivity contribution < 1.29 is 18.8 Å². The van der Waals surface area contributed by atoms with Gasteiger partial charge in [-0.15, -0.1) is 0 Å². The fraction of sp³-hybridized carbons (Fsp3) is 0.526. The van der Waals surface area contributed by atoms with Crippen LogP contribution in [0.25, 0.3) is 0 Å². The van der Waals surface area contributed by atoms with Crippen LogP contribution in [0.15, 0.2) is 35.1 Å². The molecule has 1 spiro atoms. The molecule has 2 aliphatic heterocycles. The summed E-state index contributed by atoms with van der Waals surface area (Å²) < 4.78 is 17.2. The van der Waals surface area contributed by atoms with Crippen LogP contribution in [-0.2, 0) is 16.1 Å². The maximum Gasteiger partial charge on any atom is 0.292 e. The Labute approximate surface area is 152 Å². The monoisotopic (exact) mass is 357 g/mol. The normalized spacial score (nSPS) is 22.0. The lowest BCUT2D eigenvalue weighted by molar-refractivity contribution is -0.0417. The fourth-order valence-electron chi connectivity index (χ4n) is 3.69. The van der Waals surface area contributed by atoms with E-state index in [-0.39, 0.29) is 17.6 Å². The molecule has 2 aliphatic rings. The van der Waals surface area contributed by atoms with Gasteiger partial charge in [0.1, 0.15) is 0 Å². The summed E-state index contributed by atoms with van der Waals surface area (Å²) in [6, 6.07) is 5.60. The second-order valence-corrected chi connectivity index (χ2v) is 7.12. The van der Waals surface area contributed by atoms with Crippen LogP contribution >= 0.6 is 0 Å². The van der Waals surface area contributed by atoms with Crippen molar-refractivity contribution in [2.24, 2.45) is 0 Å². The van der Waals surface area contributed by atoms with Gasteiger partial charge in [-0.2, -0.15) is 0 Å². The minimum absolute atomic E-state index is 0.0920. The maximum absolute atomic E-state index is 12.5. The molecular weight excluding hydrogens is 334 g/mol. The first-order valence-corrected chi connectivity index (χ1v) is 9.01. The van der Waals surface area contributed by atoms with Gasteiger partial charge >= 0.3 is 0 Å². The minimum Gasteiger partial charge on any atom is -0.372 e. The van der Waals surface area contributed by atoms with Gasteiger partial charge in [-0.1, -0.05) is 11.2 Å². The third-order valence-corrected chi connectivity index (χ3v) is 5.18. The van der Waals surface area contributed by atoms with Crippen molar-refractivity contribution in [3.05, 3.63) is 47.6 Å². The molecule has 0 aromatic carbocycles. The van der Waals surface area contributed by atoms with Crippen LogP contribution in [0.3, 0.4) is 0 Å². The average molecular weight is 357 g/mol. The lowest BCUT2D eigenvalue weighted by Crippen LogP contribution is -2.46. The van der Waals surface area contributed by atoms with Crippen molar-refractivity contribution in [1.82, 2.24) is 15.0 Å². The van der Waals surface area contributed by atoms with Gasteiger partial charge in [0, 0.05) is 38.0 Å². The molecule has 1 amide bonds. The Morgan fingerprint density at radius 3 is 2.96 bits per heavy atom. The third kappa shape index (κ3) is 3.64. The highest BCUT2D eigenvalue weighted by atomic mass is 16.6. The Bertz CT molecular complexity index is 753. The topological polar surface area (TPSA) is 77.7 Å².